The van der Waals surface area contributed by atoms with Crippen LogP contribution in [0.5, 0.6) is 0 Å². The highest BCUT2D eigenvalue weighted by Gasteiger charge is 2.21. The third kappa shape index (κ3) is 5.58. The van der Waals surface area contributed by atoms with Crippen molar-refractivity contribution in [1.82, 2.24) is 20.2 Å². The number of benzene rings is 2. The van der Waals surface area contributed by atoms with Crippen LogP contribution in [0.25, 0.3) is 11.3 Å². The smallest absolute Gasteiger partial charge is 0.241 e. The minimum absolute atomic E-state index is 0.0120. The third-order valence-corrected chi connectivity index (χ3v) is 6.43. The number of carbonyl (C=O) groups excluding carboxylic acids is 2. The van der Waals surface area contributed by atoms with Gasteiger partial charge in [-0.3, -0.25) is 9.59 Å². The third-order valence-electron chi connectivity index (χ3n) is 6.43. The molecule has 0 saturated carbocycles. The molecule has 2 fully saturated rings. The van der Waals surface area contributed by atoms with Crippen molar-refractivity contribution < 1.29 is 9.59 Å². The lowest BCUT2D eigenvalue weighted by Crippen LogP contribution is -2.45. The predicted molar refractivity (Wildman–Crippen MR) is 137 cm³/mol. The number of rotatable bonds is 7. The molecule has 1 aromatic heterocycles. The second kappa shape index (κ2) is 10.5. The summed E-state index contributed by atoms with van der Waals surface area (Å²) in [4.78, 5) is 36.3. The highest BCUT2D eigenvalue weighted by atomic mass is 16.2. The van der Waals surface area contributed by atoms with E-state index in [1.165, 1.54) is 0 Å². The Balaban J connectivity index is 1.20. The van der Waals surface area contributed by atoms with Crippen molar-refractivity contribution in [3.8, 4) is 11.3 Å². The number of hydrogen-bond donors (Lipinski definition) is 3. The molecular weight excluding hydrogens is 442 g/mol. The number of hydrogen-bond acceptors (Lipinski definition) is 7. The zero-order chi connectivity index (χ0) is 24.0. The van der Waals surface area contributed by atoms with Gasteiger partial charge in [0.15, 0.2) is 0 Å². The van der Waals surface area contributed by atoms with Crippen molar-refractivity contribution in [3.63, 3.8) is 0 Å². The molecule has 3 N–H and O–H groups in total. The van der Waals surface area contributed by atoms with E-state index >= 15 is 0 Å². The fourth-order valence-corrected chi connectivity index (χ4v) is 4.41. The molecule has 3 heterocycles. The predicted octanol–water partition coefficient (Wildman–Crippen LogP) is 2.86. The van der Waals surface area contributed by atoms with Gasteiger partial charge in [-0.15, -0.1) is 0 Å². The molecule has 2 aliphatic heterocycles. The minimum atomic E-state index is -0.105. The zero-order valence-corrected chi connectivity index (χ0v) is 19.5. The largest absolute Gasteiger partial charge is 0.368 e. The summed E-state index contributed by atoms with van der Waals surface area (Å²) in [5.41, 5.74) is 4.54. The number of piperazine rings is 1. The number of amides is 2. The Kier molecular flexibility index (Phi) is 6.85. The van der Waals surface area contributed by atoms with E-state index in [1.54, 1.807) is 11.1 Å². The summed E-state index contributed by atoms with van der Waals surface area (Å²) in [6.07, 6.45) is 4.55. The Morgan fingerprint density at radius 3 is 2.40 bits per heavy atom. The van der Waals surface area contributed by atoms with E-state index in [-0.39, 0.29) is 11.9 Å². The zero-order valence-electron chi connectivity index (χ0n) is 19.5. The first-order valence-corrected chi connectivity index (χ1v) is 12.0. The quantitative estimate of drug-likeness (QED) is 0.456. The van der Waals surface area contributed by atoms with Gasteiger partial charge in [-0.25, -0.2) is 9.97 Å². The van der Waals surface area contributed by atoms with Crippen LogP contribution in [0.3, 0.4) is 0 Å². The molecule has 2 aliphatic rings. The standard InChI is InChI=1S/C26H29N7O2/c34-18-32-14-16-33(17-15-32)22-9-7-21(8-10-22)30-26-28-13-11-23(31-26)19-3-5-20(6-4-19)29-25(35)24-2-1-12-27-24/h3-11,13,18,24,27H,1-2,12,14-17H2,(H,29,35)(H,28,30,31). The summed E-state index contributed by atoms with van der Waals surface area (Å²) in [5, 5.41) is 9.45. The van der Waals surface area contributed by atoms with Gasteiger partial charge in [0, 0.05) is 55.0 Å². The van der Waals surface area contributed by atoms with E-state index in [0.29, 0.717) is 5.95 Å². The Morgan fingerprint density at radius 2 is 1.71 bits per heavy atom. The highest BCUT2D eigenvalue weighted by Crippen LogP contribution is 2.24. The van der Waals surface area contributed by atoms with Crippen LogP contribution in [0.2, 0.25) is 0 Å². The molecule has 0 radical (unpaired) electrons. The molecule has 9 heteroatoms. The maximum absolute atomic E-state index is 12.3. The molecule has 35 heavy (non-hydrogen) atoms. The van der Waals surface area contributed by atoms with Crippen LogP contribution >= 0.6 is 0 Å². The van der Waals surface area contributed by atoms with Crippen molar-refractivity contribution >= 4 is 35.3 Å². The van der Waals surface area contributed by atoms with E-state index in [4.69, 9.17) is 0 Å². The van der Waals surface area contributed by atoms with Gasteiger partial charge in [0.05, 0.1) is 11.7 Å². The number of anilines is 4. The number of nitrogens with zero attached hydrogens (tertiary/aromatic N) is 4. The number of nitrogens with one attached hydrogen (secondary N) is 3. The highest BCUT2D eigenvalue weighted by molar-refractivity contribution is 5.95. The Bertz CT molecular complexity index is 1150. The molecule has 5 rings (SSSR count). The average Bonchev–Trinajstić information content (AvgIpc) is 3.45. The molecule has 1 unspecified atom stereocenters. The first-order valence-electron chi connectivity index (χ1n) is 12.0. The lowest BCUT2D eigenvalue weighted by Gasteiger charge is -2.34. The first-order chi connectivity index (χ1) is 17.2. The molecule has 2 amide bonds. The Labute approximate surface area is 204 Å². The fourth-order valence-electron chi connectivity index (χ4n) is 4.41. The number of aromatic nitrogens is 2. The van der Waals surface area contributed by atoms with E-state index in [2.05, 4.69) is 43.0 Å². The fraction of sp³-hybridized carbons (Fsp3) is 0.308. The summed E-state index contributed by atoms with van der Waals surface area (Å²) in [6, 6.07) is 17.6. The average molecular weight is 472 g/mol. The van der Waals surface area contributed by atoms with Gasteiger partial charge in [0.2, 0.25) is 18.3 Å². The monoisotopic (exact) mass is 471 g/mol. The van der Waals surface area contributed by atoms with Crippen molar-refractivity contribution in [2.24, 2.45) is 0 Å². The van der Waals surface area contributed by atoms with E-state index < -0.39 is 0 Å². The first kappa shape index (κ1) is 22.8. The lowest BCUT2D eigenvalue weighted by molar-refractivity contribution is -0.118. The molecule has 3 aromatic rings. The van der Waals surface area contributed by atoms with Crippen molar-refractivity contribution in [3.05, 3.63) is 60.8 Å². The topological polar surface area (TPSA) is 102 Å². The summed E-state index contributed by atoms with van der Waals surface area (Å²) in [6.45, 7) is 4.04. The summed E-state index contributed by atoms with van der Waals surface area (Å²) < 4.78 is 0. The van der Waals surface area contributed by atoms with Crippen molar-refractivity contribution in [1.29, 1.82) is 0 Å². The maximum atomic E-state index is 12.3. The van der Waals surface area contributed by atoms with Gasteiger partial charge in [-0.05, 0) is 61.9 Å². The van der Waals surface area contributed by atoms with E-state index in [9.17, 15) is 9.59 Å². The second-order valence-corrected chi connectivity index (χ2v) is 8.78. The second-order valence-electron chi connectivity index (χ2n) is 8.78. The molecule has 0 spiro atoms. The Hall–Kier alpha value is -3.98. The van der Waals surface area contributed by atoms with Crippen LogP contribution in [-0.2, 0) is 9.59 Å². The Morgan fingerprint density at radius 1 is 0.971 bits per heavy atom. The van der Waals surface area contributed by atoms with Gasteiger partial charge >= 0.3 is 0 Å². The molecule has 0 aliphatic carbocycles. The maximum Gasteiger partial charge on any atom is 0.241 e. The molecule has 9 nitrogen and oxygen atoms in total. The molecule has 2 saturated heterocycles. The number of carbonyl (C=O) groups is 2. The molecule has 1 atom stereocenters. The SMILES string of the molecule is O=CN1CCN(c2ccc(Nc3nccc(-c4ccc(NC(=O)C5CCCN5)cc4)n3)cc2)CC1. The van der Waals surface area contributed by atoms with Crippen LogP contribution in [0.1, 0.15) is 12.8 Å². The molecule has 2 aromatic carbocycles. The minimum Gasteiger partial charge on any atom is -0.368 e. The summed E-state index contributed by atoms with van der Waals surface area (Å²) in [5.74, 6) is 0.526. The summed E-state index contributed by atoms with van der Waals surface area (Å²) in [7, 11) is 0. The van der Waals surface area contributed by atoms with Gasteiger partial charge in [-0.2, -0.15) is 0 Å². The van der Waals surface area contributed by atoms with Crippen molar-refractivity contribution in [2.45, 2.75) is 18.9 Å². The molecular formula is C26H29N7O2. The van der Waals surface area contributed by atoms with E-state index in [0.717, 1.165) is 80.3 Å². The van der Waals surface area contributed by atoms with Gasteiger partial charge in [0.25, 0.3) is 0 Å². The molecule has 180 valence electrons. The normalized spacial score (nSPS) is 17.8. The van der Waals surface area contributed by atoms with E-state index in [1.807, 2.05) is 42.5 Å². The van der Waals surface area contributed by atoms with Crippen LogP contribution in [0, 0.1) is 0 Å². The van der Waals surface area contributed by atoms with Crippen LogP contribution in [-0.4, -0.2) is 66.0 Å². The van der Waals surface area contributed by atoms with Crippen molar-refractivity contribution in [2.75, 3.05) is 48.3 Å². The lowest BCUT2D eigenvalue weighted by atomic mass is 10.1. The van der Waals surface area contributed by atoms with Crippen LogP contribution in [0.4, 0.5) is 23.0 Å². The summed E-state index contributed by atoms with van der Waals surface area (Å²) >= 11 is 0. The van der Waals surface area contributed by atoms with Crippen LogP contribution < -0.4 is 20.9 Å². The van der Waals surface area contributed by atoms with Crippen LogP contribution in [0.15, 0.2) is 60.8 Å². The van der Waals surface area contributed by atoms with Gasteiger partial charge < -0.3 is 25.8 Å². The van der Waals surface area contributed by atoms with Gasteiger partial charge in [-0.1, -0.05) is 12.1 Å². The molecule has 0 bridgehead atoms. The van der Waals surface area contributed by atoms with Gasteiger partial charge in [0.1, 0.15) is 0 Å².